The van der Waals surface area contributed by atoms with Crippen molar-refractivity contribution in [1.29, 1.82) is 0 Å². The van der Waals surface area contributed by atoms with Gasteiger partial charge in [-0.1, -0.05) is 6.07 Å². The third kappa shape index (κ3) is 5.21. The lowest BCUT2D eigenvalue weighted by atomic mass is 10.1. The zero-order valence-electron chi connectivity index (χ0n) is 12.3. The van der Waals surface area contributed by atoms with Crippen molar-refractivity contribution in [1.82, 2.24) is 10.2 Å². The normalized spacial score (nSPS) is 12.8. The Balaban J connectivity index is 2.63. The average Bonchev–Trinajstić information content (AvgIpc) is 2.76. The summed E-state index contributed by atoms with van der Waals surface area (Å²) in [6.07, 6.45) is 0.745. The summed E-state index contributed by atoms with van der Waals surface area (Å²) in [5.74, 6) is -1.01. The Morgan fingerprint density at radius 3 is 2.55 bits per heavy atom. The summed E-state index contributed by atoms with van der Waals surface area (Å²) in [5, 5.41) is 13.8. The van der Waals surface area contributed by atoms with Crippen LogP contribution in [0.5, 0.6) is 0 Å². The van der Waals surface area contributed by atoms with Gasteiger partial charge in [-0.3, -0.25) is 4.79 Å². The number of nitrogens with zero attached hydrogens (tertiary/aromatic N) is 1. The number of rotatable bonds is 5. The first kappa shape index (κ1) is 16.5. The molecule has 1 aromatic rings. The standard InChI is InChI=1S/C14H22N2O3S/c1-10(8-11-6-5-7-20-11)15-13(19)16(9-12(17)18)14(2,3)4/h5-7,10H,8-9H2,1-4H3,(H,15,19)(H,17,18). The minimum atomic E-state index is -1.01. The van der Waals surface area contributed by atoms with Crippen LogP contribution in [0, 0.1) is 0 Å². The van der Waals surface area contributed by atoms with E-state index in [4.69, 9.17) is 5.11 Å². The van der Waals surface area contributed by atoms with Gasteiger partial charge in [0.05, 0.1) is 0 Å². The van der Waals surface area contributed by atoms with Gasteiger partial charge in [-0.2, -0.15) is 0 Å². The van der Waals surface area contributed by atoms with E-state index in [1.54, 1.807) is 11.3 Å². The quantitative estimate of drug-likeness (QED) is 0.877. The highest BCUT2D eigenvalue weighted by atomic mass is 32.1. The molecule has 112 valence electrons. The molecule has 0 aliphatic carbocycles. The molecule has 1 rings (SSSR count). The Morgan fingerprint density at radius 1 is 1.45 bits per heavy atom. The van der Waals surface area contributed by atoms with Crippen LogP contribution in [0.3, 0.4) is 0 Å². The van der Waals surface area contributed by atoms with E-state index in [0.717, 1.165) is 6.42 Å². The highest BCUT2D eigenvalue weighted by molar-refractivity contribution is 7.09. The number of nitrogens with one attached hydrogen (secondary N) is 1. The van der Waals surface area contributed by atoms with Crippen LogP contribution in [-0.2, 0) is 11.2 Å². The van der Waals surface area contributed by atoms with Crippen LogP contribution < -0.4 is 5.32 Å². The SMILES string of the molecule is CC(Cc1cccs1)NC(=O)N(CC(=O)O)C(C)(C)C. The molecule has 1 unspecified atom stereocenters. The van der Waals surface area contributed by atoms with E-state index in [9.17, 15) is 9.59 Å². The second-order valence-electron chi connectivity index (χ2n) is 5.78. The lowest BCUT2D eigenvalue weighted by Gasteiger charge is -2.35. The maximum atomic E-state index is 12.2. The van der Waals surface area contributed by atoms with Crippen LogP contribution in [0.2, 0.25) is 0 Å². The molecule has 6 heteroatoms. The number of urea groups is 1. The Hall–Kier alpha value is -1.56. The van der Waals surface area contributed by atoms with Crippen molar-refractivity contribution in [2.24, 2.45) is 0 Å². The third-order valence-electron chi connectivity index (χ3n) is 2.81. The summed E-state index contributed by atoms with van der Waals surface area (Å²) in [6.45, 7) is 7.07. The van der Waals surface area contributed by atoms with E-state index < -0.39 is 11.5 Å². The molecule has 0 saturated heterocycles. The Kier molecular flexibility index (Phi) is 5.56. The average molecular weight is 298 g/mol. The molecule has 0 saturated carbocycles. The molecule has 0 aliphatic rings. The van der Waals surface area contributed by atoms with E-state index in [1.807, 2.05) is 45.2 Å². The summed E-state index contributed by atoms with van der Waals surface area (Å²) in [6, 6.07) is 3.61. The van der Waals surface area contributed by atoms with Gasteiger partial charge in [0, 0.05) is 22.9 Å². The van der Waals surface area contributed by atoms with Crippen molar-refractivity contribution < 1.29 is 14.7 Å². The number of aliphatic carboxylic acids is 1. The maximum absolute atomic E-state index is 12.2. The fraction of sp³-hybridized carbons (Fsp3) is 0.571. The molecule has 1 aromatic heterocycles. The lowest BCUT2D eigenvalue weighted by molar-refractivity contribution is -0.138. The molecular weight excluding hydrogens is 276 g/mol. The summed E-state index contributed by atoms with van der Waals surface area (Å²) in [4.78, 5) is 25.6. The number of hydrogen-bond acceptors (Lipinski definition) is 3. The Morgan fingerprint density at radius 2 is 2.10 bits per heavy atom. The van der Waals surface area contributed by atoms with Crippen molar-refractivity contribution >= 4 is 23.3 Å². The van der Waals surface area contributed by atoms with Gasteiger partial charge >= 0.3 is 12.0 Å². The van der Waals surface area contributed by atoms with Gasteiger partial charge in [-0.05, 0) is 39.1 Å². The molecule has 1 heterocycles. The number of thiophene rings is 1. The highest BCUT2D eigenvalue weighted by Gasteiger charge is 2.29. The first-order chi connectivity index (χ1) is 9.20. The van der Waals surface area contributed by atoms with E-state index in [0.29, 0.717) is 0 Å². The molecular formula is C14H22N2O3S. The van der Waals surface area contributed by atoms with Gasteiger partial charge in [-0.25, -0.2) is 4.79 Å². The van der Waals surface area contributed by atoms with E-state index in [1.165, 1.54) is 9.78 Å². The van der Waals surface area contributed by atoms with E-state index in [2.05, 4.69) is 5.32 Å². The van der Waals surface area contributed by atoms with Crippen molar-refractivity contribution in [2.75, 3.05) is 6.54 Å². The van der Waals surface area contributed by atoms with Gasteiger partial charge < -0.3 is 15.3 Å². The zero-order valence-corrected chi connectivity index (χ0v) is 13.2. The first-order valence-corrected chi connectivity index (χ1v) is 7.40. The van der Waals surface area contributed by atoms with Crippen LogP contribution in [0.25, 0.3) is 0 Å². The summed E-state index contributed by atoms with van der Waals surface area (Å²) in [5.41, 5.74) is -0.537. The second-order valence-corrected chi connectivity index (χ2v) is 6.82. The first-order valence-electron chi connectivity index (χ1n) is 6.52. The number of amides is 2. The zero-order chi connectivity index (χ0) is 15.3. The molecule has 0 radical (unpaired) electrons. The lowest BCUT2D eigenvalue weighted by Crippen LogP contribution is -2.54. The predicted octanol–water partition coefficient (Wildman–Crippen LogP) is 2.57. The molecule has 0 aliphatic heterocycles. The molecule has 20 heavy (non-hydrogen) atoms. The van der Waals surface area contributed by atoms with Crippen molar-refractivity contribution in [3.63, 3.8) is 0 Å². The number of carboxylic acid groups (broad SMARTS) is 1. The van der Waals surface area contributed by atoms with Gasteiger partial charge in [0.1, 0.15) is 6.54 Å². The molecule has 2 amide bonds. The number of carbonyl (C=O) groups is 2. The number of carbonyl (C=O) groups excluding carboxylic acids is 1. The van der Waals surface area contributed by atoms with Gasteiger partial charge in [0.2, 0.25) is 0 Å². The minimum absolute atomic E-state index is 0.0419. The van der Waals surface area contributed by atoms with Crippen LogP contribution in [0.1, 0.15) is 32.6 Å². The third-order valence-corrected chi connectivity index (χ3v) is 3.70. The molecule has 0 aromatic carbocycles. The van der Waals surface area contributed by atoms with E-state index in [-0.39, 0.29) is 18.6 Å². The molecule has 0 bridgehead atoms. The van der Waals surface area contributed by atoms with Crippen molar-refractivity contribution in [3.05, 3.63) is 22.4 Å². The maximum Gasteiger partial charge on any atom is 0.323 e. The van der Waals surface area contributed by atoms with Crippen molar-refractivity contribution in [2.45, 2.75) is 45.7 Å². The number of hydrogen-bond donors (Lipinski definition) is 2. The minimum Gasteiger partial charge on any atom is -0.480 e. The van der Waals surface area contributed by atoms with Crippen LogP contribution in [-0.4, -0.2) is 40.1 Å². The largest absolute Gasteiger partial charge is 0.480 e. The molecule has 2 N–H and O–H groups in total. The molecule has 0 fully saturated rings. The van der Waals surface area contributed by atoms with Gasteiger partial charge in [-0.15, -0.1) is 11.3 Å². The van der Waals surface area contributed by atoms with E-state index >= 15 is 0 Å². The summed E-state index contributed by atoms with van der Waals surface area (Å²) >= 11 is 1.64. The smallest absolute Gasteiger partial charge is 0.323 e. The van der Waals surface area contributed by atoms with Gasteiger partial charge in [0.25, 0.3) is 0 Å². The van der Waals surface area contributed by atoms with Gasteiger partial charge in [0.15, 0.2) is 0 Å². The van der Waals surface area contributed by atoms with Crippen LogP contribution in [0.4, 0.5) is 4.79 Å². The van der Waals surface area contributed by atoms with Crippen LogP contribution in [0.15, 0.2) is 17.5 Å². The second kappa shape index (κ2) is 6.74. The molecule has 0 spiro atoms. The fourth-order valence-electron chi connectivity index (χ4n) is 1.82. The Labute approximate surface area is 123 Å². The number of carboxylic acids is 1. The van der Waals surface area contributed by atoms with Crippen LogP contribution >= 0.6 is 11.3 Å². The summed E-state index contributed by atoms with van der Waals surface area (Å²) < 4.78 is 0. The molecule has 1 atom stereocenters. The van der Waals surface area contributed by atoms with Crippen molar-refractivity contribution in [3.8, 4) is 0 Å². The fourth-order valence-corrected chi connectivity index (χ4v) is 2.65. The monoisotopic (exact) mass is 298 g/mol. The highest BCUT2D eigenvalue weighted by Crippen LogP contribution is 2.14. The summed E-state index contributed by atoms with van der Waals surface area (Å²) in [7, 11) is 0. The topological polar surface area (TPSA) is 69.6 Å². The Bertz CT molecular complexity index is 451. The predicted molar refractivity (Wildman–Crippen MR) is 80.1 cm³/mol. The molecule has 5 nitrogen and oxygen atoms in total.